The Bertz CT molecular complexity index is 421. The van der Waals surface area contributed by atoms with E-state index < -0.39 is 0 Å². The average molecular weight is 180 g/mol. The third kappa shape index (κ3) is 1.69. The van der Waals surface area contributed by atoms with Crippen molar-refractivity contribution in [3.63, 3.8) is 0 Å². The second-order valence-electron chi connectivity index (χ2n) is 3.36. The van der Waals surface area contributed by atoms with E-state index in [4.69, 9.17) is 0 Å². The van der Waals surface area contributed by atoms with Crippen molar-refractivity contribution in [1.82, 2.24) is 0 Å². The quantitative estimate of drug-likeness (QED) is 0.494. The van der Waals surface area contributed by atoms with Crippen LogP contribution in [-0.4, -0.2) is 0 Å². The minimum atomic E-state index is 1.07. The van der Waals surface area contributed by atoms with Gasteiger partial charge in [0, 0.05) is 0 Å². The zero-order valence-electron chi connectivity index (χ0n) is 8.03. The van der Waals surface area contributed by atoms with E-state index in [9.17, 15) is 0 Å². The molecule has 2 aliphatic carbocycles. The lowest BCUT2D eigenvalue weighted by Gasteiger charge is -2.16. The summed E-state index contributed by atoms with van der Waals surface area (Å²) >= 11 is 0. The molecule has 0 aromatic heterocycles. The lowest BCUT2D eigenvalue weighted by molar-refractivity contribution is 1.48. The summed E-state index contributed by atoms with van der Waals surface area (Å²) in [4.78, 5) is 0. The molecular formula is C14H12. The lowest BCUT2D eigenvalue weighted by Crippen LogP contribution is -1.93. The maximum atomic E-state index is 3.78. The van der Waals surface area contributed by atoms with Gasteiger partial charge in [-0.25, -0.2) is 0 Å². The fourth-order valence-electron chi connectivity index (χ4n) is 1.35. The Morgan fingerprint density at radius 3 is 1.64 bits per heavy atom. The van der Waals surface area contributed by atoms with E-state index in [0.29, 0.717) is 0 Å². The van der Waals surface area contributed by atoms with Crippen molar-refractivity contribution in [1.29, 1.82) is 0 Å². The summed E-state index contributed by atoms with van der Waals surface area (Å²) in [5.74, 6) is 0. The van der Waals surface area contributed by atoms with Crippen LogP contribution in [0.25, 0.3) is 11.1 Å². The highest BCUT2D eigenvalue weighted by atomic mass is 14.1. The van der Waals surface area contributed by atoms with Crippen LogP contribution in [0, 0.1) is 13.8 Å². The van der Waals surface area contributed by atoms with E-state index in [1.807, 2.05) is 30.3 Å². The minimum absolute atomic E-state index is 1.07. The number of fused-ring (bicyclic) bond motifs is 1. The SMILES string of the molecule is [CH2]c1cc2ccc1-2.[CH2]c1ccccc1. The molecule has 0 saturated carbocycles. The normalized spacial score (nSPS) is 10.1. The Labute approximate surface area is 85.2 Å². The van der Waals surface area contributed by atoms with Crippen LogP contribution < -0.4 is 0 Å². The highest BCUT2D eigenvalue weighted by molar-refractivity contribution is 5.81. The molecular weight excluding hydrogens is 168 g/mol. The van der Waals surface area contributed by atoms with Gasteiger partial charge in [0.05, 0.1) is 0 Å². The molecule has 0 aliphatic heterocycles. The summed E-state index contributed by atoms with van der Waals surface area (Å²) < 4.78 is 0. The Hall–Kier alpha value is -1.56. The van der Waals surface area contributed by atoms with Crippen LogP contribution in [0.2, 0.25) is 0 Å². The van der Waals surface area contributed by atoms with E-state index in [1.54, 1.807) is 0 Å². The molecule has 0 saturated heterocycles. The van der Waals surface area contributed by atoms with Crippen LogP contribution in [0.5, 0.6) is 0 Å². The second-order valence-corrected chi connectivity index (χ2v) is 3.36. The van der Waals surface area contributed by atoms with Crippen LogP contribution in [0.15, 0.2) is 48.5 Å². The molecule has 68 valence electrons. The molecule has 0 bridgehead atoms. The molecule has 0 N–H and O–H groups in total. The van der Waals surface area contributed by atoms with Gasteiger partial charge < -0.3 is 0 Å². The van der Waals surface area contributed by atoms with Crippen molar-refractivity contribution >= 4 is 0 Å². The molecule has 0 unspecified atom stereocenters. The fourth-order valence-corrected chi connectivity index (χ4v) is 1.35. The molecule has 3 rings (SSSR count). The number of benzene rings is 2. The zero-order chi connectivity index (χ0) is 9.97. The Kier molecular flexibility index (Phi) is 2.36. The second kappa shape index (κ2) is 3.67. The van der Waals surface area contributed by atoms with Gasteiger partial charge in [-0.2, -0.15) is 0 Å². The maximum Gasteiger partial charge on any atom is -0.0151 e. The van der Waals surface area contributed by atoms with E-state index in [0.717, 1.165) is 5.56 Å². The predicted octanol–water partition coefficient (Wildman–Crippen LogP) is 3.72. The van der Waals surface area contributed by atoms with Gasteiger partial charge in [-0.1, -0.05) is 48.5 Å². The van der Waals surface area contributed by atoms with E-state index in [1.165, 1.54) is 16.7 Å². The van der Waals surface area contributed by atoms with Gasteiger partial charge >= 0.3 is 0 Å². The Morgan fingerprint density at radius 2 is 1.50 bits per heavy atom. The van der Waals surface area contributed by atoms with Gasteiger partial charge in [0.15, 0.2) is 0 Å². The summed E-state index contributed by atoms with van der Waals surface area (Å²) in [6, 6.07) is 16.2. The van der Waals surface area contributed by atoms with Crippen molar-refractivity contribution in [3.05, 3.63) is 73.5 Å². The molecule has 0 heteroatoms. The maximum absolute atomic E-state index is 3.78. The Morgan fingerprint density at radius 1 is 0.786 bits per heavy atom. The van der Waals surface area contributed by atoms with Gasteiger partial charge in [0.25, 0.3) is 0 Å². The van der Waals surface area contributed by atoms with E-state index in [2.05, 4.69) is 32.0 Å². The molecule has 0 spiro atoms. The third-order valence-electron chi connectivity index (χ3n) is 2.26. The van der Waals surface area contributed by atoms with Crippen molar-refractivity contribution in [2.45, 2.75) is 0 Å². The first-order valence-electron chi connectivity index (χ1n) is 4.61. The molecule has 0 amide bonds. The van der Waals surface area contributed by atoms with Crippen molar-refractivity contribution in [2.75, 3.05) is 0 Å². The summed E-state index contributed by atoms with van der Waals surface area (Å²) in [5.41, 5.74) is 5.00. The molecule has 1 aromatic carbocycles. The Balaban J connectivity index is 0.000000107. The van der Waals surface area contributed by atoms with Gasteiger partial charge in [-0.05, 0) is 36.1 Å². The van der Waals surface area contributed by atoms with Crippen LogP contribution in [0.1, 0.15) is 11.1 Å². The number of rotatable bonds is 0. The number of hydrogen-bond acceptors (Lipinski definition) is 0. The summed E-state index contributed by atoms with van der Waals surface area (Å²) in [7, 11) is 0. The van der Waals surface area contributed by atoms with Crippen LogP contribution in [0.3, 0.4) is 0 Å². The number of hydrogen-bond donors (Lipinski definition) is 0. The van der Waals surface area contributed by atoms with Crippen LogP contribution >= 0.6 is 0 Å². The van der Waals surface area contributed by atoms with Gasteiger partial charge in [-0.3, -0.25) is 0 Å². The first kappa shape index (κ1) is 9.01. The zero-order valence-corrected chi connectivity index (χ0v) is 8.03. The topological polar surface area (TPSA) is 0 Å². The highest BCUT2D eigenvalue weighted by Crippen LogP contribution is 2.35. The van der Waals surface area contributed by atoms with Gasteiger partial charge in [-0.15, -0.1) is 0 Å². The highest BCUT2D eigenvalue weighted by Gasteiger charge is 2.11. The standard InChI is InChI=1S/C7H5.C7H7/c1-5-4-6-2-3-7(5)6;1-7-5-3-2-4-6-7/h2-4H,1H2;2-6H,1H2. The first-order valence-corrected chi connectivity index (χ1v) is 4.61. The fraction of sp³-hybridized carbons (Fsp3) is 0. The average Bonchev–Trinajstić information content (AvgIpc) is 2.16. The van der Waals surface area contributed by atoms with Gasteiger partial charge in [0.1, 0.15) is 0 Å². The molecule has 0 fully saturated rings. The largest absolute Gasteiger partial charge is 0.0622 e. The van der Waals surface area contributed by atoms with Gasteiger partial charge in [0.2, 0.25) is 0 Å². The van der Waals surface area contributed by atoms with Crippen LogP contribution in [0.4, 0.5) is 0 Å². The van der Waals surface area contributed by atoms with E-state index in [-0.39, 0.29) is 0 Å². The summed E-state index contributed by atoms with van der Waals surface area (Å²) in [6.07, 6.45) is 0. The smallest absolute Gasteiger partial charge is 0.0151 e. The van der Waals surface area contributed by atoms with Crippen molar-refractivity contribution in [3.8, 4) is 11.1 Å². The van der Waals surface area contributed by atoms with Crippen molar-refractivity contribution < 1.29 is 0 Å². The molecule has 0 atom stereocenters. The van der Waals surface area contributed by atoms with E-state index >= 15 is 0 Å². The molecule has 2 radical (unpaired) electrons. The monoisotopic (exact) mass is 180 g/mol. The predicted molar refractivity (Wildman–Crippen MR) is 60.8 cm³/mol. The molecule has 0 nitrogen and oxygen atoms in total. The molecule has 1 aromatic rings. The van der Waals surface area contributed by atoms with Crippen LogP contribution in [-0.2, 0) is 0 Å². The first-order chi connectivity index (χ1) is 6.77. The minimum Gasteiger partial charge on any atom is -0.0622 e. The molecule has 14 heavy (non-hydrogen) atoms. The third-order valence-corrected chi connectivity index (χ3v) is 2.26. The summed E-state index contributed by atoms with van der Waals surface area (Å²) in [5, 5.41) is 0. The molecule has 0 heterocycles. The molecule has 2 aliphatic rings. The lowest BCUT2D eigenvalue weighted by atomic mass is 9.88. The summed E-state index contributed by atoms with van der Waals surface area (Å²) in [6.45, 7) is 7.50. The van der Waals surface area contributed by atoms with Crippen molar-refractivity contribution in [2.24, 2.45) is 0 Å².